The van der Waals surface area contributed by atoms with Gasteiger partial charge in [-0.05, 0) is 53.7 Å². The summed E-state index contributed by atoms with van der Waals surface area (Å²) in [7, 11) is -3.78. The number of hydrogen-bond acceptors (Lipinski definition) is 4. The second-order valence-electron chi connectivity index (χ2n) is 14.9. The van der Waals surface area contributed by atoms with Crippen molar-refractivity contribution in [3.8, 4) is 11.1 Å². The molecular formula is C42H71O4P. The van der Waals surface area contributed by atoms with Crippen molar-refractivity contribution in [3.63, 3.8) is 0 Å². The molecule has 0 bridgehead atoms. The first kappa shape index (κ1) is 41.7. The van der Waals surface area contributed by atoms with Crippen molar-refractivity contribution in [2.75, 3.05) is 13.2 Å². The van der Waals surface area contributed by atoms with Crippen LogP contribution >= 0.6 is 7.82 Å². The summed E-state index contributed by atoms with van der Waals surface area (Å²) >= 11 is 0. The van der Waals surface area contributed by atoms with E-state index in [2.05, 4.69) is 90.1 Å². The molecule has 5 heteroatoms. The molecule has 0 aliphatic heterocycles. The molecule has 0 amide bonds. The van der Waals surface area contributed by atoms with E-state index in [1.165, 1.54) is 70.6 Å². The molecule has 0 N–H and O–H groups in total. The van der Waals surface area contributed by atoms with Gasteiger partial charge in [0.25, 0.3) is 0 Å². The summed E-state index contributed by atoms with van der Waals surface area (Å²) < 4.78 is 33.2. The predicted molar refractivity (Wildman–Crippen MR) is 203 cm³/mol. The van der Waals surface area contributed by atoms with Crippen LogP contribution in [0.1, 0.15) is 169 Å². The van der Waals surface area contributed by atoms with Crippen LogP contribution in [-0.2, 0) is 18.1 Å². The van der Waals surface area contributed by atoms with Crippen molar-refractivity contribution in [3.05, 3.63) is 60.2 Å². The van der Waals surface area contributed by atoms with Gasteiger partial charge in [0.2, 0.25) is 0 Å². The second kappa shape index (κ2) is 25.5. The zero-order valence-corrected chi connectivity index (χ0v) is 32.1. The SMILES string of the molecule is CC(C)CCCCCCCOP(=O)(OCCCCCCCC(C)C)OC(CCCCCCC(C)C)c1ccccc1-c1ccccc1. The third-order valence-electron chi connectivity index (χ3n) is 9.00. The average molecular weight is 671 g/mol. The van der Waals surface area contributed by atoms with Gasteiger partial charge < -0.3 is 0 Å². The molecule has 0 saturated carbocycles. The molecule has 4 nitrogen and oxygen atoms in total. The number of unbranched alkanes of at least 4 members (excludes halogenated alkanes) is 11. The molecule has 2 rings (SSSR count). The van der Waals surface area contributed by atoms with Crippen molar-refractivity contribution in [2.45, 2.75) is 163 Å². The fraction of sp³-hybridized carbons (Fsp3) is 0.714. The van der Waals surface area contributed by atoms with E-state index in [0.29, 0.717) is 13.2 Å². The van der Waals surface area contributed by atoms with E-state index < -0.39 is 7.82 Å². The summed E-state index contributed by atoms with van der Waals surface area (Å²) in [5.41, 5.74) is 3.32. The number of phosphoric acid groups is 1. The van der Waals surface area contributed by atoms with Gasteiger partial charge in [0, 0.05) is 0 Å². The smallest absolute Gasteiger partial charge is 0.287 e. The molecule has 0 saturated heterocycles. The Kier molecular flexibility index (Phi) is 22.6. The quantitative estimate of drug-likeness (QED) is 0.0638. The summed E-state index contributed by atoms with van der Waals surface area (Å²) in [6.07, 6.45) is 20.2. The summed E-state index contributed by atoms with van der Waals surface area (Å²) in [4.78, 5) is 0. The summed E-state index contributed by atoms with van der Waals surface area (Å²) in [6, 6.07) is 18.9. The van der Waals surface area contributed by atoms with Gasteiger partial charge in [-0.1, -0.05) is 192 Å². The van der Waals surface area contributed by atoms with Crippen molar-refractivity contribution in [1.29, 1.82) is 0 Å². The average Bonchev–Trinajstić information content (AvgIpc) is 3.04. The van der Waals surface area contributed by atoms with Crippen LogP contribution in [-0.4, -0.2) is 13.2 Å². The highest BCUT2D eigenvalue weighted by Gasteiger charge is 2.32. The van der Waals surface area contributed by atoms with Gasteiger partial charge in [-0.2, -0.15) is 0 Å². The maximum absolute atomic E-state index is 14.4. The zero-order valence-electron chi connectivity index (χ0n) is 31.2. The molecule has 2 aromatic rings. The molecule has 47 heavy (non-hydrogen) atoms. The summed E-state index contributed by atoms with van der Waals surface area (Å²) in [6.45, 7) is 14.5. The lowest BCUT2D eigenvalue weighted by atomic mass is 9.93. The first-order valence-electron chi connectivity index (χ1n) is 19.4. The van der Waals surface area contributed by atoms with Gasteiger partial charge >= 0.3 is 7.82 Å². The van der Waals surface area contributed by atoms with Crippen molar-refractivity contribution >= 4 is 7.82 Å². The maximum atomic E-state index is 14.4. The molecule has 0 aromatic heterocycles. The minimum Gasteiger partial charge on any atom is -0.287 e. The molecule has 0 fully saturated rings. The van der Waals surface area contributed by atoms with E-state index in [4.69, 9.17) is 13.6 Å². The molecule has 268 valence electrons. The summed E-state index contributed by atoms with van der Waals surface area (Å²) in [5, 5.41) is 0. The Hall–Kier alpha value is -1.45. The Morgan fingerprint density at radius 2 is 0.894 bits per heavy atom. The lowest BCUT2D eigenvalue weighted by molar-refractivity contribution is 0.0709. The Morgan fingerprint density at radius 1 is 0.489 bits per heavy atom. The van der Waals surface area contributed by atoms with Crippen LogP contribution in [0.15, 0.2) is 54.6 Å². The Labute approximate surface area is 290 Å². The third-order valence-corrected chi connectivity index (χ3v) is 10.5. The maximum Gasteiger partial charge on any atom is 0.475 e. The van der Waals surface area contributed by atoms with Gasteiger partial charge in [0.1, 0.15) is 0 Å². The molecule has 0 aliphatic carbocycles. The van der Waals surface area contributed by atoms with E-state index in [1.807, 2.05) is 6.07 Å². The van der Waals surface area contributed by atoms with E-state index in [9.17, 15) is 4.57 Å². The number of hydrogen-bond donors (Lipinski definition) is 0. The molecule has 0 spiro atoms. The van der Waals surface area contributed by atoms with Gasteiger partial charge in [-0.15, -0.1) is 0 Å². The second-order valence-corrected chi connectivity index (χ2v) is 16.6. The van der Waals surface area contributed by atoms with Crippen LogP contribution in [0.5, 0.6) is 0 Å². The Balaban J connectivity index is 2.12. The standard InChI is InChI=1S/C42H71O4P/c1-36(2)26-16-9-7-13-24-34-44-47(43,45-35-25-14-8-10-17-27-37(3)4)46-42(33-21-12-11-18-28-38(5)6)41-32-23-22-31-40(41)39-29-19-15-20-30-39/h15,19-20,22-23,29-32,36-38,42H,7-14,16-18,21,24-28,33-35H2,1-6H3. The first-order valence-corrected chi connectivity index (χ1v) is 20.9. The first-order chi connectivity index (χ1) is 22.7. The molecule has 2 aromatic carbocycles. The van der Waals surface area contributed by atoms with E-state index >= 15 is 0 Å². The lowest BCUT2D eigenvalue weighted by Crippen LogP contribution is -2.10. The van der Waals surface area contributed by atoms with Crippen LogP contribution < -0.4 is 0 Å². The van der Waals surface area contributed by atoms with E-state index in [-0.39, 0.29) is 6.10 Å². The van der Waals surface area contributed by atoms with Crippen LogP contribution in [0.2, 0.25) is 0 Å². The fourth-order valence-corrected chi connectivity index (χ4v) is 7.57. The largest absolute Gasteiger partial charge is 0.475 e. The van der Waals surface area contributed by atoms with Crippen LogP contribution in [0.25, 0.3) is 11.1 Å². The third kappa shape index (κ3) is 20.0. The predicted octanol–water partition coefficient (Wildman–Crippen LogP) is 14.5. The van der Waals surface area contributed by atoms with Gasteiger partial charge in [0.05, 0.1) is 19.3 Å². The van der Waals surface area contributed by atoms with Crippen LogP contribution in [0.4, 0.5) is 0 Å². The van der Waals surface area contributed by atoms with Crippen molar-refractivity contribution in [1.82, 2.24) is 0 Å². The molecule has 1 unspecified atom stereocenters. The minimum absolute atomic E-state index is 0.366. The lowest BCUT2D eigenvalue weighted by Gasteiger charge is -2.26. The van der Waals surface area contributed by atoms with Gasteiger partial charge in [-0.3, -0.25) is 13.6 Å². The monoisotopic (exact) mass is 671 g/mol. The zero-order chi connectivity index (χ0) is 34.2. The van der Waals surface area contributed by atoms with Crippen molar-refractivity contribution in [2.24, 2.45) is 17.8 Å². The number of rotatable bonds is 29. The Morgan fingerprint density at radius 3 is 1.38 bits per heavy atom. The minimum atomic E-state index is -3.78. The fourth-order valence-electron chi connectivity index (χ4n) is 6.14. The van der Waals surface area contributed by atoms with Crippen molar-refractivity contribution < 1.29 is 18.1 Å². The number of phosphoric ester groups is 1. The molecule has 1 atom stereocenters. The van der Waals surface area contributed by atoms with E-state index in [0.717, 1.165) is 79.4 Å². The van der Waals surface area contributed by atoms with Crippen LogP contribution in [0, 0.1) is 17.8 Å². The van der Waals surface area contributed by atoms with Gasteiger partial charge in [0.15, 0.2) is 0 Å². The molecular weight excluding hydrogens is 599 g/mol. The topological polar surface area (TPSA) is 44.8 Å². The highest BCUT2D eigenvalue weighted by atomic mass is 31.2. The number of benzene rings is 2. The molecule has 0 aliphatic rings. The van der Waals surface area contributed by atoms with E-state index in [1.54, 1.807) is 0 Å². The highest BCUT2D eigenvalue weighted by molar-refractivity contribution is 7.48. The summed E-state index contributed by atoms with van der Waals surface area (Å²) in [5.74, 6) is 2.26. The van der Waals surface area contributed by atoms with Gasteiger partial charge in [-0.25, -0.2) is 4.57 Å². The van der Waals surface area contributed by atoms with Crippen LogP contribution in [0.3, 0.4) is 0 Å². The highest BCUT2D eigenvalue weighted by Crippen LogP contribution is 2.55. The molecule has 0 radical (unpaired) electrons. The molecule has 0 heterocycles. The normalized spacial score (nSPS) is 12.9. The Bertz CT molecular complexity index is 1040.